The number of benzene rings is 1. The second-order valence-corrected chi connectivity index (χ2v) is 5.08. The van der Waals surface area contributed by atoms with Crippen molar-refractivity contribution in [2.45, 2.75) is 32.9 Å². The second kappa shape index (κ2) is 8.17. The molecule has 114 valence electrons. The maximum Gasteiger partial charge on any atom is 0.191 e. The molecule has 0 saturated heterocycles. The van der Waals surface area contributed by atoms with E-state index in [2.05, 4.69) is 22.5 Å². The highest BCUT2D eigenvalue weighted by molar-refractivity contribution is 14.0. The van der Waals surface area contributed by atoms with Gasteiger partial charge in [-0.25, -0.2) is 9.38 Å². The van der Waals surface area contributed by atoms with E-state index in [1.807, 2.05) is 13.0 Å². The lowest BCUT2D eigenvalue weighted by atomic mass is 10.1. The molecule has 1 saturated carbocycles. The summed E-state index contributed by atoms with van der Waals surface area (Å²) < 4.78 is 13.7. The summed E-state index contributed by atoms with van der Waals surface area (Å²) in [5.41, 5.74) is 0.885. The maximum atomic E-state index is 13.7. The van der Waals surface area contributed by atoms with Crippen molar-refractivity contribution in [3.63, 3.8) is 0 Å². The van der Waals surface area contributed by atoms with Crippen LogP contribution in [0.15, 0.2) is 23.2 Å². The molecule has 0 bridgehead atoms. The van der Waals surface area contributed by atoms with Gasteiger partial charge < -0.3 is 10.6 Å². The van der Waals surface area contributed by atoms with Crippen molar-refractivity contribution in [1.29, 1.82) is 5.26 Å². The summed E-state index contributed by atoms with van der Waals surface area (Å²) in [4.78, 5) is 4.38. The first kappa shape index (κ1) is 17.7. The van der Waals surface area contributed by atoms with Crippen LogP contribution in [0.5, 0.6) is 0 Å². The Balaban J connectivity index is 0.00000220. The number of rotatable bonds is 4. The number of guanidine groups is 1. The van der Waals surface area contributed by atoms with E-state index < -0.39 is 0 Å². The lowest BCUT2D eigenvalue weighted by molar-refractivity contribution is 0.610. The zero-order valence-corrected chi connectivity index (χ0v) is 14.5. The van der Waals surface area contributed by atoms with Gasteiger partial charge in [-0.15, -0.1) is 24.0 Å². The molecule has 2 rings (SSSR count). The zero-order chi connectivity index (χ0) is 14.5. The fourth-order valence-electron chi connectivity index (χ4n) is 1.95. The molecular weight excluding hydrogens is 382 g/mol. The fourth-order valence-corrected chi connectivity index (χ4v) is 1.95. The highest BCUT2D eigenvalue weighted by atomic mass is 127. The van der Waals surface area contributed by atoms with Crippen LogP contribution >= 0.6 is 24.0 Å². The Morgan fingerprint density at radius 1 is 1.52 bits per heavy atom. The van der Waals surface area contributed by atoms with Crippen molar-refractivity contribution in [3.8, 4) is 6.07 Å². The first-order valence-corrected chi connectivity index (χ1v) is 6.87. The zero-order valence-electron chi connectivity index (χ0n) is 12.2. The van der Waals surface area contributed by atoms with Crippen molar-refractivity contribution in [3.05, 3.63) is 35.1 Å². The number of nitrogens with one attached hydrogen (secondary N) is 2. The van der Waals surface area contributed by atoms with Gasteiger partial charge in [-0.2, -0.15) is 5.26 Å². The Morgan fingerprint density at radius 3 is 2.81 bits per heavy atom. The number of halogens is 2. The van der Waals surface area contributed by atoms with Crippen LogP contribution in [-0.4, -0.2) is 18.5 Å². The number of aliphatic imine (C=N–C) groups is 1. The van der Waals surface area contributed by atoms with Crippen molar-refractivity contribution in [2.75, 3.05) is 6.54 Å². The molecule has 0 amide bonds. The molecule has 1 aromatic rings. The smallest absolute Gasteiger partial charge is 0.191 e. The number of nitriles is 1. The predicted octanol–water partition coefficient (Wildman–Crippen LogP) is 2.78. The summed E-state index contributed by atoms with van der Waals surface area (Å²) >= 11 is 0. The van der Waals surface area contributed by atoms with Crippen molar-refractivity contribution < 1.29 is 4.39 Å². The Morgan fingerprint density at radius 2 is 2.24 bits per heavy atom. The van der Waals surface area contributed by atoms with E-state index >= 15 is 0 Å². The van der Waals surface area contributed by atoms with E-state index in [1.165, 1.54) is 12.1 Å². The van der Waals surface area contributed by atoms with Crippen LogP contribution in [0, 0.1) is 23.1 Å². The molecule has 4 nitrogen and oxygen atoms in total. The lowest BCUT2D eigenvalue weighted by Crippen LogP contribution is -2.39. The summed E-state index contributed by atoms with van der Waals surface area (Å²) in [6.45, 7) is 5.15. The summed E-state index contributed by atoms with van der Waals surface area (Å²) in [6, 6.07) is 6.80. The van der Waals surface area contributed by atoms with Gasteiger partial charge in [-0.3, -0.25) is 0 Å². The molecule has 0 radical (unpaired) electrons. The van der Waals surface area contributed by atoms with Gasteiger partial charge in [0.05, 0.1) is 18.2 Å². The Kier molecular flexibility index (Phi) is 6.89. The van der Waals surface area contributed by atoms with Crippen molar-refractivity contribution >= 4 is 29.9 Å². The number of hydrogen-bond donors (Lipinski definition) is 2. The summed E-state index contributed by atoms with van der Waals surface area (Å²) in [6.07, 6.45) is 1.14. The molecule has 1 aliphatic rings. The third kappa shape index (κ3) is 5.16. The number of nitrogens with zero attached hydrogens (tertiary/aromatic N) is 2. The SMILES string of the molecule is CCNC(=NCc1cc(C#N)ccc1F)NC1CC1C.I. The first-order chi connectivity index (χ1) is 9.63. The van der Waals surface area contributed by atoms with Gasteiger partial charge >= 0.3 is 0 Å². The monoisotopic (exact) mass is 402 g/mol. The average Bonchev–Trinajstić information content (AvgIpc) is 3.13. The van der Waals surface area contributed by atoms with Gasteiger partial charge in [0.1, 0.15) is 5.82 Å². The topological polar surface area (TPSA) is 60.2 Å². The minimum atomic E-state index is -0.330. The van der Waals surface area contributed by atoms with Crippen LogP contribution in [0.3, 0.4) is 0 Å². The van der Waals surface area contributed by atoms with Gasteiger partial charge in [0.25, 0.3) is 0 Å². The van der Waals surface area contributed by atoms with E-state index in [-0.39, 0.29) is 36.3 Å². The van der Waals surface area contributed by atoms with Crippen LogP contribution in [0.25, 0.3) is 0 Å². The largest absolute Gasteiger partial charge is 0.357 e. The van der Waals surface area contributed by atoms with Gasteiger partial charge in [0.15, 0.2) is 5.96 Å². The molecule has 0 aromatic heterocycles. The predicted molar refractivity (Wildman–Crippen MR) is 92.1 cm³/mol. The number of hydrogen-bond acceptors (Lipinski definition) is 2. The van der Waals surface area contributed by atoms with Gasteiger partial charge in [-0.1, -0.05) is 6.92 Å². The molecule has 2 unspecified atom stereocenters. The molecule has 0 aliphatic heterocycles. The fraction of sp³-hybridized carbons (Fsp3) is 0.467. The van der Waals surface area contributed by atoms with E-state index in [0.29, 0.717) is 29.0 Å². The molecule has 21 heavy (non-hydrogen) atoms. The minimum absolute atomic E-state index is 0. The average molecular weight is 402 g/mol. The van der Waals surface area contributed by atoms with Gasteiger partial charge in [-0.05, 0) is 37.5 Å². The third-order valence-corrected chi connectivity index (χ3v) is 3.36. The van der Waals surface area contributed by atoms with Crippen LogP contribution < -0.4 is 10.6 Å². The Hall–Kier alpha value is -1.36. The van der Waals surface area contributed by atoms with Gasteiger partial charge in [0.2, 0.25) is 0 Å². The molecule has 6 heteroatoms. The molecule has 2 atom stereocenters. The summed E-state index contributed by atoms with van der Waals surface area (Å²) in [5, 5.41) is 15.3. The van der Waals surface area contributed by atoms with E-state index in [1.54, 1.807) is 6.07 Å². The molecular formula is C15H20FIN4. The summed E-state index contributed by atoms with van der Waals surface area (Å²) in [5.74, 6) is 1.03. The maximum absolute atomic E-state index is 13.7. The molecule has 0 spiro atoms. The normalized spacial score (nSPS) is 20.2. The highest BCUT2D eigenvalue weighted by Gasteiger charge is 2.33. The van der Waals surface area contributed by atoms with Crippen molar-refractivity contribution in [1.82, 2.24) is 10.6 Å². The molecule has 0 heterocycles. The highest BCUT2D eigenvalue weighted by Crippen LogP contribution is 2.28. The van der Waals surface area contributed by atoms with Crippen LogP contribution in [-0.2, 0) is 6.54 Å². The molecule has 1 fully saturated rings. The first-order valence-electron chi connectivity index (χ1n) is 6.87. The van der Waals surface area contributed by atoms with Crippen LogP contribution in [0.4, 0.5) is 4.39 Å². The van der Waals surface area contributed by atoms with Crippen LogP contribution in [0.2, 0.25) is 0 Å². The van der Waals surface area contributed by atoms with Gasteiger partial charge in [0, 0.05) is 18.2 Å². The molecule has 2 N–H and O–H groups in total. The molecule has 1 aliphatic carbocycles. The van der Waals surface area contributed by atoms with E-state index in [0.717, 1.165) is 13.0 Å². The quantitative estimate of drug-likeness (QED) is 0.463. The Bertz CT molecular complexity index is 553. The third-order valence-electron chi connectivity index (χ3n) is 3.36. The van der Waals surface area contributed by atoms with Crippen LogP contribution in [0.1, 0.15) is 31.4 Å². The van der Waals surface area contributed by atoms with Crippen molar-refractivity contribution in [2.24, 2.45) is 10.9 Å². The molecule has 1 aromatic carbocycles. The van der Waals surface area contributed by atoms with E-state index in [9.17, 15) is 4.39 Å². The standard InChI is InChI=1S/C15H19FN4.HI/c1-3-18-15(20-14-6-10(14)2)19-9-12-7-11(8-17)4-5-13(12)16;/h4-5,7,10,14H,3,6,9H2,1-2H3,(H2,18,19,20);1H. The Labute approximate surface area is 141 Å². The van der Waals surface area contributed by atoms with E-state index in [4.69, 9.17) is 5.26 Å². The lowest BCUT2D eigenvalue weighted by Gasteiger charge is -2.11. The minimum Gasteiger partial charge on any atom is -0.357 e. The second-order valence-electron chi connectivity index (χ2n) is 5.08. The summed E-state index contributed by atoms with van der Waals surface area (Å²) in [7, 11) is 0.